The highest BCUT2D eigenvalue weighted by Crippen LogP contribution is 2.26. The molecule has 1 aromatic carbocycles. The van der Waals surface area contributed by atoms with Crippen LogP contribution in [-0.2, 0) is 0 Å². The molecule has 2 nitrogen and oxygen atoms in total. The molecule has 0 radical (unpaired) electrons. The van der Waals surface area contributed by atoms with Crippen LogP contribution >= 0.6 is 0 Å². The van der Waals surface area contributed by atoms with Gasteiger partial charge in [0.2, 0.25) is 0 Å². The summed E-state index contributed by atoms with van der Waals surface area (Å²) in [4.78, 5) is 0. The molecular weight excluding hydrogens is 210 g/mol. The lowest BCUT2D eigenvalue weighted by atomic mass is 10.00. The van der Waals surface area contributed by atoms with Gasteiger partial charge < -0.3 is 10.1 Å². The van der Waals surface area contributed by atoms with Crippen LogP contribution in [-0.4, -0.2) is 19.7 Å². The highest BCUT2D eigenvalue weighted by atomic mass is 16.5. The summed E-state index contributed by atoms with van der Waals surface area (Å²) in [5.74, 6) is 1.00. The zero-order valence-electron chi connectivity index (χ0n) is 10.8. The van der Waals surface area contributed by atoms with E-state index < -0.39 is 0 Å². The zero-order valence-corrected chi connectivity index (χ0v) is 10.8. The molecule has 0 unspecified atom stereocenters. The van der Waals surface area contributed by atoms with Crippen molar-refractivity contribution in [3.63, 3.8) is 0 Å². The molecule has 92 valence electrons. The third-order valence-electron chi connectivity index (χ3n) is 3.13. The Labute approximate surface area is 104 Å². The lowest BCUT2D eigenvalue weighted by Crippen LogP contribution is -2.13. The van der Waals surface area contributed by atoms with Gasteiger partial charge in [-0.15, -0.1) is 0 Å². The SMILES string of the molecule is CCOc1ccc(C2=CCCNCC2)cc1C. The van der Waals surface area contributed by atoms with Gasteiger partial charge in [0.05, 0.1) is 6.61 Å². The molecule has 0 amide bonds. The summed E-state index contributed by atoms with van der Waals surface area (Å²) in [6.45, 7) is 7.04. The fraction of sp³-hybridized carbons (Fsp3) is 0.467. The summed E-state index contributed by atoms with van der Waals surface area (Å²) in [6, 6.07) is 6.50. The third kappa shape index (κ3) is 3.10. The molecule has 1 heterocycles. The van der Waals surface area contributed by atoms with Crippen LogP contribution in [0.1, 0.15) is 30.9 Å². The van der Waals surface area contributed by atoms with Crippen LogP contribution < -0.4 is 10.1 Å². The Hall–Kier alpha value is -1.28. The van der Waals surface area contributed by atoms with Gasteiger partial charge in [-0.3, -0.25) is 0 Å². The summed E-state index contributed by atoms with van der Waals surface area (Å²) in [7, 11) is 0. The Kier molecular flexibility index (Phi) is 4.21. The van der Waals surface area contributed by atoms with Gasteiger partial charge in [0.25, 0.3) is 0 Å². The molecule has 1 N–H and O–H groups in total. The lowest BCUT2D eigenvalue weighted by molar-refractivity contribution is 0.338. The van der Waals surface area contributed by atoms with Crippen LogP contribution in [0.3, 0.4) is 0 Å². The molecule has 0 saturated carbocycles. The van der Waals surface area contributed by atoms with Gasteiger partial charge >= 0.3 is 0 Å². The second-order valence-corrected chi connectivity index (χ2v) is 4.43. The Balaban J connectivity index is 2.21. The van der Waals surface area contributed by atoms with E-state index in [0.717, 1.165) is 38.3 Å². The van der Waals surface area contributed by atoms with Crippen LogP contribution in [0.4, 0.5) is 0 Å². The first-order valence-corrected chi connectivity index (χ1v) is 6.45. The Morgan fingerprint density at radius 1 is 1.29 bits per heavy atom. The molecule has 17 heavy (non-hydrogen) atoms. The van der Waals surface area contributed by atoms with E-state index >= 15 is 0 Å². The number of hydrogen-bond acceptors (Lipinski definition) is 2. The van der Waals surface area contributed by atoms with Crippen molar-refractivity contribution in [3.05, 3.63) is 35.4 Å². The van der Waals surface area contributed by atoms with Crippen molar-refractivity contribution in [1.29, 1.82) is 0 Å². The number of ether oxygens (including phenoxy) is 1. The van der Waals surface area contributed by atoms with Crippen molar-refractivity contribution in [2.24, 2.45) is 0 Å². The zero-order chi connectivity index (χ0) is 12.1. The molecule has 2 rings (SSSR count). The summed E-state index contributed by atoms with van der Waals surface area (Å²) < 4.78 is 5.57. The van der Waals surface area contributed by atoms with Crippen LogP contribution in [0.2, 0.25) is 0 Å². The normalized spacial score (nSPS) is 16.2. The first-order chi connectivity index (χ1) is 8.31. The second kappa shape index (κ2) is 5.87. The van der Waals surface area contributed by atoms with Crippen molar-refractivity contribution in [2.75, 3.05) is 19.7 Å². The molecule has 0 aliphatic carbocycles. The van der Waals surface area contributed by atoms with E-state index in [0.29, 0.717) is 0 Å². The summed E-state index contributed by atoms with van der Waals surface area (Å²) in [5, 5.41) is 3.42. The van der Waals surface area contributed by atoms with Crippen molar-refractivity contribution in [3.8, 4) is 5.75 Å². The van der Waals surface area contributed by atoms with Gasteiger partial charge in [-0.1, -0.05) is 12.1 Å². The number of aryl methyl sites for hydroxylation is 1. The standard InChI is InChI=1S/C15H21NO/c1-3-17-15-7-6-14(11-12(15)2)13-5-4-9-16-10-8-13/h5-7,11,16H,3-4,8-10H2,1-2H3. The van der Waals surface area contributed by atoms with Crippen LogP contribution in [0.25, 0.3) is 5.57 Å². The third-order valence-corrected chi connectivity index (χ3v) is 3.13. The largest absolute Gasteiger partial charge is 0.494 e. The predicted octanol–water partition coefficient (Wildman–Crippen LogP) is 3.16. The van der Waals surface area contributed by atoms with E-state index in [2.05, 4.69) is 36.5 Å². The highest BCUT2D eigenvalue weighted by molar-refractivity contribution is 5.67. The lowest BCUT2D eigenvalue weighted by Gasteiger charge is -2.11. The van der Waals surface area contributed by atoms with Crippen molar-refractivity contribution >= 4 is 5.57 Å². The minimum absolute atomic E-state index is 0.729. The van der Waals surface area contributed by atoms with E-state index in [9.17, 15) is 0 Å². The van der Waals surface area contributed by atoms with Crippen LogP contribution in [0, 0.1) is 6.92 Å². The number of hydrogen-bond donors (Lipinski definition) is 1. The van der Waals surface area contributed by atoms with Gasteiger partial charge in [0.1, 0.15) is 5.75 Å². The van der Waals surface area contributed by atoms with Crippen molar-refractivity contribution < 1.29 is 4.74 Å². The summed E-state index contributed by atoms with van der Waals surface area (Å²) in [5.41, 5.74) is 4.03. The molecular formula is C15H21NO. The second-order valence-electron chi connectivity index (χ2n) is 4.43. The van der Waals surface area contributed by atoms with Gasteiger partial charge in [0.15, 0.2) is 0 Å². The average molecular weight is 231 g/mol. The maximum atomic E-state index is 5.57. The molecule has 0 bridgehead atoms. The first kappa shape index (κ1) is 12.2. The van der Waals surface area contributed by atoms with E-state index in [4.69, 9.17) is 4.74 Å². The van der Waals surface area contributed by atoms with Gasteiger partial charge in [-0.25, -0.2) is 0 Å². The maximum Gasteiger partial charge on any atom is 0.122 e. The van der Waals surface area contributed by atoms with Crippen LogP contribution in [0.15, 0.2) is 24.3 Å². The van der Waals surface area contributed by atoms with Crippen molar-refractivity contribution in [2.45, 2.75) is 26.7 Å². The van der Waals surface area contributed by atoms with E-state index in [-0.39, 0.29) is 0 Å². The minimum atomic E-state index is 0.729. The van der Waals surface area contributed by atoms with Gasteiger partial charge in [-0.2, -0.15) is 0 Å². The summed E-state index contributed by atoms with van der Waals surface area (Å²) in [6.07, 6.45) is 4.60. The molecule has 1 aromatic rings. The predicted molar refractivity (Wildman–Crippen MR) is 72.4 cm³/mol. The quantitative estimate of drug-likeness (QED) is 0.862. The number of benzene rings is 1. The molecule has 0 atom stereocenters. The highest BCUT2D eigenvalue weighted by Gasteiger charge is 2.07. The summed E-state index contributed by atoms with van der Waals surface area (Å²) >= 11 is 0. The number of nitrogens with one attached hydrogen (secondary N) is 1. The Morgan fingerprint density at radius 3 is 2.94 bits per heavy atom. The van der Waals surface area contributed by atoms with E-state index in [1.165, 1.54) is 16.7 Å². The molecule has 0 fully saturated rings. The van der Waals surface area contributed by atoms with Crippen molar-refractivity contribution in [1.82, 2.24) is 5.32 Å². The van der Waals surface area contributed by atoms with Crippen LogP contribution in [0.5, 0.6) is 5.75 Å². The molecule has 0 spiro atoms. The Morgan fingerprint density at radius 2 is 2.18 bits per heavy atom. The van der Waals surface area contributed by atoms with E-state index in [1.807, 2.05) is 6.92 Å². The van der Waals surface area contributed by atoms with Gasteiger partial charge in [-0.05, 0) is 68.6 Å². The fourth-order valence-corrected chi connectivity index (χ4v) is 2.23. The monoisotopic (exact) mass is 231 g/mol. The Bertz CT molecular complexity index is 409. The molecule has 2 heteroatoms. The van der Waals surface area contributed by atoms with Gasteiger partial charge in [0, 0.05) is 0 Å². The minimum Gasteiger partial charge on any atom is -0.494 e. The number of rotatable bonds is 3. The smallest absolute Gasteiger partial charge is 0.122 e. The molecule has 1 aliphatic rings. The fourth-order valence-electron chi connectivity index (χ4n) is 2.23. The molecule has 0 aromatic heterocycles. The topological polar surface area (TPSA) is 21.3 Å². The van der Waals surface area contributed by atoms with E-state index in [1.54, 1.807) is 0 Å². The maximum absolute atomic E-state index is 5.57. The average Bonchev–Trinajstić information content (AvgIpc) is 2.60. The molecule has 1 aliphatic heterocycles. The molecule has 0 saturated heterocycles. The first-order valence-electron chi connectivity index (χ1n) is 6.45.